The molecule has 0 saturated heterocycles. The highest BCUT2D eigenvalue weighted by Crippen LogP contribution is 2.30. The molecular formula is C9H19NO4S2. The van der Waals surface area contributed by atoms with Crippen LogP contribution in [0.2, 0.25) is 0 Å². The molecule has 96 valence electrons. The lowest BCUT2D eigenvalue weighted by molar-refractivity contribution is 0.524. The lowest BCUT2D eigenvalue weighted by Gasteiger charge is -2.17. The number of nitrogens with two attached hydrogens (primary N) is 1. The number of rotatable bonds is 5. The van der Waals surface area contributed by atoms with Crippen molar-refractivity contribution in [3.8, 4) is 0 Å². The second kappa shape index (κ2) is 5.01. The third-order valence-electron chi connectivity index (χ3n) is 3.09. The van der Waals surface area contributed by atoms with Gasteiger partial charge in [-0.15, -0.1) is 0 Å². The van der Waals surface area contributed by atoms with E-state index in [9.17, 15) is 16.8 Å². The van der Waals surface area contributed by atoms with Gasteiger partial charge in [-0.25, -0.2) is 16.8 Å². The van der Waals surface area contributed by atoms with E-state index in [0.717, 1.165) is 19.1 Å². The van der Waals surface area contributed by atoms with Crippen molar-refractivity contribution < 1.29 is 16.8 Å². The van der Waals surface area contributed by atoms with Crippen molar-refractivity contribution in [2.45, 2.75) is 24.5 Å². The van der Waals surface area contributed by atoms with Crippen LogP contribution in [0.4, 0.5) is 0 Å². The molecule has 0 aromatic heterocycles. The number of hydrogen-bond acceptors (Lipinski definition) is 5. The Morgan fingerprint density at radius 2 is 1.75 bits per heavy atom. The molecule has 0 aromatic rings. The molecule has 2 atom stereocenters. The molecule has 1 fully saturated rings. The van der Waals surface area contributed by atoms with Crippen molar-refractivity contribution in [3.63, 3.8) is 0 Å². The third-order valence-corrected chi connectivity index (χ3v) is 6.61. The van der Waals surface area contributed by atoms with E-state index < -0.39 is 24.9 Å². The summed E-state index contributed by atoms with van der Waals surface area (Å²) in [4.78, 5) is 0. The first-order chi connectivity index (χ1) is 7.26. The van der Waals surface area contributed by atoms with Gasteiger partial charge >= 0.3 is 0 Å². The highest BCUT2D eigenvalue weighted by atomic mass is 32.2. The minimum Gasteiger partial charge on any atom is -0.330 e. The fourth-order valence-electron chi connectivity index (χ4n) is 2.16. The van der Waals surface area contributed by atoms with Gasteiger partial charge in [-0.1, -0.05) is 6.42 Å². The summed E-state index contributed by atoms with van der Waals surface area (Å²) in [5, 5.41) is -0.431. The van der Waals surface area contributed by atoms with Gasteiger partial charge in [-0.3, -0.25) is 0 Å². The van der Waals surface area contributed by atoms with Crippen LogP contribution in [-0.4, -0.2) is 46.4 Å². The summed E-state index contributed by atoms with van der Waals surface area (Å²) in [5.74, 6) is -0.555. The number of sulfone groups is 2. The van der Waals surface area contributed by atoms with Gasteiger partial charge in [0.15, 0.2) is 9.84 Å². The van der Waals surface area contributed by atoms with Crippen molar-refractivity contribution in [1.29, 1.82) is 0 Å². The van der Waals surface area contributed by atoms with E-state index in [4.69, 9.17) is 5.73 Å². The highest BCUT2D eigenvalue weighted by Gasteiger charge is 2.36. The summed E-state index contributed by atoms with van der Waals surface area (Å²) in [5.41, 5.74) is 5.52. The van der Waals surface area contributed by atoms with E-state index in [1.54, 1.807) is 0 Å². The predicted octanol–water partition coefficient (Wildman–Crippen LogP) is -0.427. The maximum Gasteiger partial charge on any atom is 0.154 e. The normalized spacial score (nSPS) is 27.1. The fraction of sp³-hybridized carbons (Fsp3) is 1.00. The van der Waals surface area contributed by atoms with E-state index in [-0.39, 0.29) is 17.4 Å². The monoisotopic (exact) mass is 269 g/mol. The first-order valence-corrected chi connectivity index (χ1v) is 9.13. The van der Waals surface area contributed by atoms with Gasteiger partial charge in [-0.05, 0) is 25.3 Å². The Kier molecular flexibility index (Phi) is 4.36. The minimum absolute atomic E-state index is 0.00422. The van der Waals surface area contributed by atoms with Crippen LogP contribution < -0.4 is 5.73 Å². The second-order valence-corrected chi connectivity index (χ2v) is 9.06. The maximum atomic E-state index is 11.9. The Morgan fingerprint density at radius 3 is 2.25 bits per heavy atom. The molecule has 0 radical (unpaired) electrons. The van der Waals surface area contributed by atoms with Crippen LogP contribution in [0.3, 0.4) is 0 Å². The molecule has 0 spiro atoms. The first kappa shape index (κ1) is 13.9. The summed E-state index contributed by atoms with van der Waals surface area (Å²) in [6, 6.07) is 0. The fourth-order valence-corrected chi connectivity index (χ4v) is 5.97. The Morgan fingerprint density at radius 1 is 1.12 bits per heavy atom. The van der Waals surface area contributed by atoms with Crippen LogP contribution in [0.25, 0.3) is 0 Å². The molecule has 0 aromatic carbocycles. The van der Waals surface area contributed by atoms with E-state index >= 15 is 0 Å². The molecule has 2 unspecified atom stereocenters. The van der Waals surface area contributed by atoms with Crippen LogP contribution in [0.1, 0.15) is 19.3 Å². The van der Waals surface area contributed by atoms with Gasteiger partial charge in [0.2, 0.25) is 0 Å². The molecule has 0 heterocycles. The van der Waals surface area contributed by atoms with Gasteiger partial charge in [0.1, 0.15) is 9.84 Å². The molecular weight excluding hydrogens is 250 g/mol. The van der Waals surface area contributed by atoms with Crippen LogP contribution in [0, 0.1) is 5.92 Å². The zero-order valence-electron chi connectivity index (χ0n) is 9.42. The predicted molar refractivity (Wildman–Crippen MR) is 63.7 cm³/mol. The average molecular weight is 269 g/mol. The molecule has 1 aliphatic rings. The number of hydrogen-bond donors (Lipinski definition) is 1. The van der Waals surface area contributed by atoms with Crippen molar-refractivity contribution in [2.24, 2.45) is 11.7 Å². The van der Waals surface area contributed by atoms with Gasteiger partial charge in [0, 0.05) is 6.26 Å². The smallest absolute Gasteiger partial charge is 0.154 e. The van der Waals surface area contributed by atoms with Crippen molar-refractivity contribution in [2.75, 3.05) is 24.3 Å². The molecule has 1 saturated carbocycles. The Labute approximate surface area is 97.2 Å². The highest BCUT2D eigenvalue weighted by molar-refractivity contribution is 7.95. The van der Waals surface area contributed by atoms with Crippen LogP contribution in [0.5, 0.6) is 0 Å². The van der Waals surface area contributed by atoms with Crippen molar-refractivity contribution in [3.05, 3.63) is 0 Å². The Hall–Kier alpha value is -0.140. The molecule has 0 amide bonds. The Balaban J connectivity index is 2.70. The lowest BCUT2D eigenvalue weighted by Crippen LogP contribution is -2.33. The van der Waals surface area contributed by atoms with Gasteiger partial charge in [0.25, 0.3) is 0 Å². The standard InChI is InChI=1S/C9H19NO4S2/c1-15(11,12)5-6-16(13,14)9-4-2-3-8(9)7-10/h8-9H,2-7,10H2,1H3. The van der Waals surface area contributed by atoms with Gasteiger partial charge < -0.3 is 5.73 Å². The minimum atomic E-state index is -3.31. The van der Waals surface area contributed by atoms with Crippen molar-refractivity contribution in [1.82, 2.24) is 0 Å². The van der Waals surface area contributed by atoms with Crippen LogP contribution in [-0.2, 0) is 19.7 Å². The molecule has 0 aliphatic heterocycles. The average Bonchev–Trinajstić information content (AvgIpc) is 2.62. The largest absolute Gasteiger partial charge is 0.330 e. The summed E-state index contributed by atoms with van der Waals surface area (Å²) < 4.78 is 45.8. The second-order valence-electron chi connectivity index (χ2n) is 4.46. The molecule has 2 N–H and O–H groups in total. The molecule has 0 bridgehead atoms. The van der Waals surface area contributed by atoms with Crippen molar-refractivity contribution >= 4 is 19.7 Å². The van der Waals surface area contributed by atoms with E-state index in [2.05, 4.69) is 0 Å². The summed E-state index contributed by atoms with van der Waals surface area (Å²) >= 11 is 0. The third kappa shape index (κ3) is 3.71. The zero-order valence-corrected chi connectivity index (χ0v) is 11.1. The van der Waals surface area contributed by atoms with Crippen LogP contribution >= 0.6 is 0 Å². The summed E-state index contributed by atoms with van der Waals surface area (Å²) in [6.07, 6.45) is 3.37. The van der Waals surface area contributed by atoms with Gasteiger partial charge in [-0.2, -0.15) is 0 Å². The molecule has 16 heavy (non-hydrogen) atoms. The van der Waals surface area contributed by atoms with Gasteiger partial charge in [0.05, 0.1) is 16.8 Å². The lowest BCUT2D eigenvalue weighted by atomic mass is 10.1. The zero-order chi connectivity index (χ0) is 12.4. The van der Waals surface area contributed by atoms with E-state index in [1.807, 2.05) is 0 Å². The molecule has 7 heteroatoms. The van der Waals surface area contributed by atoms with Crippen LogP contribution in [0.15, 0.2) is 0 Å². The molecule has 1 aliphatic carbocycles. The Bertz CT molecular complexity index is 426. The summed E-state index contributed by atoms with van der Waals surface area (Å²) in [7, 11) is -6.54. The molecule has 1 rings (SSSR count). The van der Waals surface area contributed by atoms with E-state index in [1.165, 1.54) is 0 Å². The van der Waals surface area contributed by atoms with E-state index in [0.29, 0.717) is 13.0 Å². The first-order valence-electron chi connectivity index (χ1n) is 5.35. The summed E-state index contributed by atoms with van der Waals surface area (Å²) in [6.45, 7) is 0.364. The molecule has 5 nitrogen and oxygen atoms in total. The quantitative estimate of drug-likeness (QED) is 0.731. The SMILES string of the molecule is CS(=O)(=O)CCS(=O)(=O)C1CCCC1CN. The maximum absolute atomic E-state index is 11.9. The topological polar surface area (TPSA) is 94.3 Å².